The number of rotatable bonds is 8. The van der Waals surface area contributed by atoms with Crippen LogP contribution in [-0.2, 0) is 25.6 Å². The predicted molar refractivity (Wildman–Crippen MR) is 191 cm³/mol. The van der Waals surface area contributed by atoms with E-state index in [-0.39, 0.29) is 50.1 Å². The van der Waals surface area contributed by atoms with Gasteiger partial charge in [0.1, 0.15) is 24.2 Å². The van der Waals surface area contributed by atoms with Gasteiger partial charge in [-0.1, -0.05) is 30.3 Å². The van der Waals surface area contributed by atoms with E-state index in [0.717, 1.165) is 19.3 Å². The number of urea groups is 1. The average molecular weight is 724 g/mol. The van der Waals surface area contributed by atoms with Crippen LogP contribution in [0, 0.1) is 23.2 Å². The first kappa shape index (κ1) is 38.3. The molecule has 16 nitrogen and oxygen atoms in total. The van der Waals surface area contributed by atoms with Crippen LogP contribution in [0.15, 0.2) is 35.3 Å². The third-order valence-electron chi connectivity index (χ3n) is 11.0. The Morgan fingerprint density at radius 1 is 0.923 bits per heavy atom. The molecule has 1 heterocycles. The van der Waals surface area contributed by atoms with Gasteiger partial charge in [-0.2, -0.15) is 0 Å². The Labute approximate surface area is 303 Å². The van der Waals surface area contributed by atoms with Gasteiger partial charge in [0.25, 0.3) is 0 Å². The summed E-state index contributed by atoms with van der Waals surface area (Å²) >= 11 is 0. The van der Waals surface area contributed by atoms with Crippen molar-refractivity contribution in [2.75, 3.05) is 13.1 Å². The van der Waals surface area contributed by atoms with E-state index in [4.69, 9.17) is 11.5 Å². The molecular formula is C36H53N9O7. The molecular weight excluding hydrogens is 670 g/mol. The zero-order valence-corrected chi connectivity index (χ0v) is 29.5. The lowest BCUT2D eigenvalue weighted by Crippen LogP contribution is -2.60. The van der Waals surface area contributed by atoms with Gasteiger partial charge in [0.2, 0.25) is 23.6 Å². The minimum Gasteiger partial charge on any atom is -0.465 e. The predicted octanol–water partition coefficient (Wildman–Crippen LogP) is 0.990. The van der Waals surface area contributed by atoms with Crippen LogP contribution in [-0.4, -0.2) is 84.1 Å². The van der Waals surface area contributed by atoms with Gasteiger partial charge >= 0.3 is 12.1 Å². The van der Waals surface area contributed by atoms with Crippen LogP contribution in [0.5, 0.6) is 0 Å². The summed E-state index contributed by atoms with van der Waals surface area (Å²) in [6.07, 6.45) is 7.00. The molecule has 1 unspecified atom stereocenters. The molecule has 16 heteroatoms. The quantitative estimate of drug-likeness (QED) is 0.186. The highest BCUT2D eigenvalue weighted by Crippen LogP contribution is 2.61. The summed E-state index contributed by atoms with van der Waals surface area (Å²) in [4.78, 5) is 82.6. The highest BCUT2D eigenvalue weighted by molar-refractivity contribution is 5.96. The first-order chi connectivity index (χ1) is 24.9. The van der Waals surface area contributed by atoms with E-state index in [1.165, 1.54) is 19.3 Å². The Morgan fingerprint density at radius 3 is 2.23 bits per heavy atom. The number of carboxylic acid groups (broad SMARTS) is 1. The van der Waals surface area contributed by atoms with Crippen LogP contribution in [0.2, 0.25) is 0 Å². The van der Waals surface area contributed by atoms with Crippen molar-refractivity contribution >= 4 is 41.7 Å². The Hall–Kier alpha value is -4.89. The fraction of sp³-hybridized carbons (Fsp3) is 0.639. The summed E-state index contributed by atoms with van der Waals surface area (Å²) in [5.41, 5.74) is 12.2. The van der Waals surface area contributed by atoms with Crippen molar-refractivity contribution in [2.45, 2.75) is 108 Å². The van der Waals surface area contributed by atoms with Gasteiger partial charge in [0.15, 0.2) is 5.96 Å². The Bertz CT molecular complexity index is 1470. The molecule has 0 aromatic heterocycles. The van der Waals surface area contributed by atoms with Gasteiger partial charge in [-0.15, -0.1) is 0 Å². The van der Waals surface area contributed by atoms with Gasteiger partial charge in [-0.25, -0.2) is 9.59 Å². The number of amides is 7. The Balaban J connectivity index is 1.40. The molecule has 1 aliphatic heterocycles. The lowest BCUT2D eigenvalue weighted by molar-refractivity contribution is -0.136. The highest BCUT2D eigenvalue weighted by atomic mass is 16.4. The number of aliphatic imine (C=N–C) groups is 1. The van der Waals surface area contributed by atoms with Crippen molar-refractivity contribution < 1.29 is 33.9 Å². The molecule has 4 bridgehead atoms. The summed E-state index contributed by atoms with van der Waals surface area (Å²) in [5, 5.41) is 25.3. The summed E-state index contributed by atoms with van der Waals surface area (Å²) in [6, 6.07) is 3.89. The van der Waals surface area contributed by atoms with Gasteiger partial charge < -0.3 is 43.2 Å². The molecule has 1 aromatic rings. The summed E-state index contributed by atoms with van der Waals surface area (Å²) in [7, 11) is 0. The zero-order valence-electron chi connectivity index (χ0n) is 29.5. The van der Waals surface area contributed by atoms with Crippen LogP contribution in [0.1, 0.15) is 82.6 Å². The maximum atomic E-state index is 14.2. The molecule has 0 spiro atoms. The van der Waals surface area contributed by atoms with Crippen molar-refractivity contribution in [1.82, 2.24) is 31.9 Å². The zero-order chi connectivity index (χ0) is 37.3. The number of nitrogens with two attached hydrogens (primary N) is 2. The van der Waals surface area contributed by atoms with Crippen LogP contribution in [0.3, 0.4) is 0 Å². The molecule has 284 valence electrons. The monoisotopic (exact) mass is 723 g/mol. The molecule has 4 saturated carbocycles. The van der Waals surface area contributed by atoms with E-state index in [0.29, 0.717) is 42.6 Å². The van der Waals surface area contributed by atoms with E-state index in [1.54, 1.807) is 30.3 Å². The average Bonchev–Trinajstić information content (AvgIpc) is 3.07. The van der Waals surface area contributed by atoms with Crippen LogP contribution >= 0.6 is 0 Å². The highest BCUT2D eigenvalue weighted by Gasteiger charge is 2.52. The lowest BCUT2D eigenvalue weighted by atomic mass is 9.48. The first-order valence-electron chi connectivity index (χ1n) is 18.5. The van der Waals surface area contributed by atoms with E-state index in [9.17, 15) is 33.9 Å². The van der Waals surface area contributed by atoms with Crippen molar-refractivity contribution in [3.8, 4) is 0 Å². The van der Waals surface area contributed by atoms with Crippen LogP contribution in [0.4, 0.5) is 9.59 Å². The van der Waals surface area contributed by atoms with Crippen molar-refractivity contribution in [2.24, 2.45) is 39.6 Å². The molecule has 5 aliphatic rings. The summed E-state index contributed by atoms with van der Waals surface area (Å²) in [6.45, 7) is 0.386. The smallest absolute Gasteiger partial charge is 0.405 e. The van der Waals surface area contributed by atoms with Gasteiger partial charge in [0, 0.05) is 19.5 Å². The minimum absolute atomic E-state index is 0.0351. The second-order valence-corrected chi connectivity index (χ2v) is 15.2. The maximum Gasteiger partial charge on any atom is 0.405 e. The minimum atomic E-state index is -1.40. The number of nitrogens with zero attached hydrogens (tertiary/aromatic N) is 1. The van der Waals surface area contributed by atoms with Crippen LogP contribution in [0.25, 0.3) is 0 Å². The van der Waals surface area contributed by atoms with E-state index < -0.39 is 59.9 Å². The molecule has 11 N–H and O–H groups in total. The van der Waals surface area contributed by atoms with E-state index >= 15 is 0 Å². The maximum absolute atomic E-state index is 14.2. The molecule has 0 radical (unpaired) electrons. The molecule has 1 aromatic carbocycles. The number of primary amides is 1. The second kappa shape index (κ2) is 17.6. The molecule has 4 fully saturated rings. The summed E-state index contributed by atoms with van der Waals surface area (Å²) in [5.74, 6) is -0.959. The largest absolute Gasteiger partial charge is 0.465 e. The number of carbonyl (C=O) groups is 6. The fourth-order valence-corrected chi connectivity index (χ4v) is 9.13. The number of nitrogens with one attached hydrogen (secondary N) is 6. The second-order valence-electron chi connectivity index (χ2n) is 15.2. The molecule has 7 amide bonds. The van der Waals surface area contributed by atoms with Crippen molar-refractivity contribution in [1.29, 1.82) is 0 Å². The van der Waals surface area contributed by atoms with Crippen molar-refractivity contribution in [3.05, 3.63) is 35.9 Å². The molecule has 4 aliphatic carbocycles. The third kappa shape index (κ3) is 10.8. The van der Waals surface area contributed by atoms with E-state index in [1.807, 2.05) is 0 Å². The third-order valence-corrected chi connectivity index (χ3v) is 11.0. The number of hydrogen-bond acceptors (Lipinski definition) is 8. The standard InChI is InChI=1S/C36H53N9O7/c37-29(46)25-9-4-5-11-40-34(50)45-33(38)39-12-6-10-26(42-31(48)27(44-35(51)52)16-21-7-2-1-3-8-21)30(47)43-28(32(49)41-25)20-36-17-22-13-23(18-36)15-24(14-22)19-36/h1-3,7-8,22-28,44H,4-6,9-20H2,(H2,37,46)(H,41,49)(H,42,48)(H,43,47)(H,51,52)(H4,38,39,40,45,50)/t22?,23?,24?,25-,26+,27?,28-,36?/m0/s1. The topological polar surface area (TPSA) is 259 Å². The van der Waals surface area contributed by atoms with Crippen LogP contribution < -0.4 is 43.4 Å². The molecule has 4 atom stereocenters. The number of hydrogen-bond donors (Lipinski definition) is 9. The number of benzene rings is 1. The van der Waals surface area contributed by atoms with E-state index in [2.05, 4.69) is 36.9 Å². The SMILES string of the molecule is NC(=O)[C@@H]1CCCCNC(=O)NC(N)=NCCC[C@@H](NC(=O)C(Cc2ccccc2)NC(=O)O)C(=O)N[C@@H](CC23CC4CC(CC(C4)C2)C3)C(=O)N1. The number of guanidine groups is 1. The molecule has 52 heavy (non-hydrogen) atoms. The van der Waals surface area contributed by atoms with Gasteiger partial charge in [0.05, 0.1) is 0 Å². The first-order valence-corrected chi connectivity index (χ1v) is 18.5. The summed E-state index contributed by atoms with van der Waals surface area (Å²) < 4.78 is 0. The molecule has 0 saturated heterocycles. The Morgan fingerprint density at radius 2 is 1.60 bits per heavy atom. The molecule has 6 rings (SSSR count). The lowest BCUT2D eigenvalue weighted by Gasteiger charge is -2.57. The Kier molecular flexibility index (Phi) is 12.9. The normalized spacial score (nSPS) is 30.8. The number of carbonyl (C=O) groups excluding carboxylic acids is 5. The van der Waals surface area contributed by atoms with Gasteiger partial charge in [-0.3, -0.25) is 29.5 Å². The van der Waals surface area contributed by atoms with Gasteiger partial charge in [-0.05, 0) is 106 Å². The van der Waals surface area contributed by atoms with Crippen molar-refractivity contribution in [3.63, 3.8) is 0 Å². The fourth-order valence-electron chi connectivity index (χ4n) is 9.13.